The average molecular weight is 437 g/mol. The van der Waals surface area contributed by atoms with Crippen LogP contribution in [-0.4, -0.2) is 58.0 Å². The lowest BCUT2D eigenvalue weighted by atomic mass is 10.1. The minimum Gasteiger partial charge on any atom is -0.335 e. The third-order valence-electron chi connectivity index (χ3n) is 4.79. The summed E-state index contributed by atoms with van der Waals surface area (Å²) in [6, 6.07) is 4.50. The molecule has 2 aromatic rings. The highest BCUT2D eigenvalue weighted by atomic mass is 79.9. The summed E-state index contributed by atoms with van der Waals surface area (Å²) in [5.74, 6) is -0.556. The summed E-state index contributed by atoms with van der Waals surface area (Å²) < 4.78 is 14.4. The van der Waals surface area contributed by atoms with Crippen LogP contribution in [-0.2, 0) is 0 Å². The maximum atomic E-state index is 13.7. The van der Waals surface area contributed by atoms with Crippen molar-refractivity contribution >= 4 is 27.7 Å². The first-order valence-electron chi connectivity index (χ1n) is 8.88. The maximum absolute atomic E-state index is 13.7. The number of carbonyl (C=O) groups is 2. The van der Waals surface area contributed by atoms with E-state index in [9.17, 15) is 14.0 Å². The number of carbonyl (C=O) groups excluding carboxylic acids is 2. The minimum absolute atomic E-state index is 0.168. The van der Waals surface area contributed by atoms with E-state index in [4.69, 9.17) is 0 Å². The van der Waals surface area contributed by atoms with Gasteiger partial charge in [-0.3, -0.25) is 14.7 Å². The molecule has 1 aliphatic heterocycles. The molecule has 0 atom stereocenters. The number of hydrogen-bond donors (Lipinski definition) is 1. The Kier molecular flexibility index (Phi) is 5.64. The zero-order chi connectivity index (χ0) is 19.7. The van der Waals surface area contributed by atoms with Crippen LogP contribution >= 0.6 is 15.9 Å². The Bertz CT molecular complexity index is 873. The van der Waals surface area contributed by atoms with E-state index < -0.39 is 0 Å². The number of hydrogen-bond acceptors (Lipinski definition) is 3. The molecule has 0 bridgehead atoms. The first kappa shape index (κ1) is 19.5. The summed E-state index contributed by atoms with van der Waals surface area (Å²) in [7, 11) is 0. The Morgan fingerprint density at radius 1 is 1.15 bits per heavy atom. The van der Waals surface area contributed by atoms with Crippen molar-refractivity contribution in [2.75, 3.05) is 26.2 Å². The van der Waals surface area contributed by atoms with Gasteiger partial charge in [-0.2, -0.15) is 5.10 Å². The van der Waals surface area contributed by atoms with Crippen molar-refractivity contribution in [1.29, 1.82) is 0 Å². The zero-order valence-electron chi connectivity index (χ0n) is 15.6. The second kappa shape index (κ2) is 7.80. The molecule has 1 fully saturated rings. The molecule has 1 aliphatic rings. The lowest BCUT2D eigenvalue weighted by Crippen LogP contribution is -2.50. The molecule has 0 spiro atoms. The number of piperazine rings is 1. The highest BCUT2D eigenvalue weighted by molar-refractivity contribution is 9.10. The van der Waals surface area contributed by atoms with Gasteiger partial charge in [-0.05, 0) is 46.5 Å². The number of nitrogens with one attached hydrogen (secondary N) is 1. The molecule has 1 aromatic carbocycles. The predicted octanol–water partition coefficient (Wildman–Crippen LogP) is 3.34. The number of rotatable bonds is 3. The van der Waals surface area contributed by atoms with E-state index in [0.717, 1.165) is 5.69 Å². The Morgan fingerprint density at radius 3 is 2.26 bits per heavy atom. The molecule has 1 aromatic heterocycles. The third kappa shape index (κ3) is 3.90. The summed E-state index contributed by atoms with van der Waals surface area (Å²) in [5.41, 5.74) is 2.08. The van der Waals surface area contributed by atoms with Gasteiger partial charge in [0.05, 0.1) is 10.2 Å². The van der Waals surface area contributed by atoms with Gasteiger partial charge in [-0.1, -0.05) is 19.9 Å². The average Bonchev–Trinajstić information content (AvgIpc) is 3.04. The fourth-order valence-corrected chi connectivity index (χ4v) is 3.84. The van der Waals surface area contributed by atoms with Crippen molar-refractivity contribution in [1.82, 2.24) is 20.0 Å². The molecular formula is C19H22BrFN4O2. The topological polar surface area (TPSA) is 69.3 Å². The second-order valence-electron chi connectivity index (χ2n) is 7.00. The molecule has 0 radical (unpaired) electrons. The van der Waals surface area contributed by atoms with Crippen LogP contribution in [0, 0.1) is 12.7 Å². The fraction of sp³-hybridized carbons (Fsp3) is 0.421. The first-order chi connectivity index (χ1) is 12.8. The molecule has 0 saturated carbocycles. The van der Waals surface area contributed by atoms with Gasteiger partial charge in [0.2, 0.25) is 0 Å². The van der Waals surface area contributed by atoms with E-state index in [-0.39, 0.29) is 23.5 Å². The third-order valence-corrected chi connectivity index (χ3v) is 5.59. The number of aromatic nitrogens is 2. The highest BCUT2D eigenvalue weighted by Gasteiger charge is 2.29. The number of aryl methyl sites for hydroxylation is 1. The molecule has 2 amide bonds. The van der Waals surface area contributed by atoms with Gasteiger partial charge in [0.1, 0.15) is 5.82 Å². The predicted molar refractivity (Wildman–Crippen MR) is 103 cm³/mol. The van der Waals surface area contributed by atoms with Crippen LogP contribution in [0.15, 0.2) is 22.7 Å². The van der Waals surface area contributed by atoms with Crippen LogP contribution in [0.2, 0.25) is 0 Å². The van der Waals surface area contributed by atoms with Crippen molar-refractivity contribution in [3.63, 3.8) is 0 Å². The van der Waals surface area contributed by atoms with E-state index in [1.54, 1.807) is 28.9 Å². The van der Waals surface area contributed by atoms with Gasteiger partial charge >= 0.3 is 0 Å². The molecular weight excluding hydrogens is 415 g/mol. The van der Waals surface area contributed by atoms with Crippen molar-refractivity contribution < 1.29 is 14.0 Å². The van der Waals surface area contributed by atoms with Crippen molar-refractivity contribution in [2.45, 2.75) is 26.7 Å². The molecule has 144 valence electrons. The number of nitrogens with zero attached hydrogens (tertiary/aromatic N) is 3. The molecule has 0 unspecified atom stereocenters. The van der Waals surface area contributed by atoms with Gasteiger partial charge in [0, 0.05) is 31.7 Å². The smallest absolute Gasteiger partial charge is 0.275 e. The molecule has 2 heterocycles. The Hall–Kier alpha value is -2.22. The standard InChI is InChI=1S/C19H22BrFN4O2/c1-11(2)16-15(20)17(23-22-16)19(27)25-8-6-24(7-9-25)18(26)13-5-4-12(3)14(21)10-13/h4-5,10-11H,6-9H2,1-3H3,(H,22,23). The molecule has 3 rings (SSSR count). The number of amides is 2. The first-order valence-corrected chi connectivity index (χ1v) is 9.67. The van der Waals surface area contributed by atoms with Crippen LogP contribution in [0.1, 0.15) is 51.9 Å². The molecule has 1 saturated heterocycles. The number of benzene rings is 1. The van der Waals surface area contributed by atoms with Gasteiger partial charge in [0.15, 0.2) is 5.69 Å². The van der Waals surface area contributed by atoms with E-state index in [1.807, 2.05) is 13.8 Å². The minimum atomic E-state index is -0.390. The van der Waals surface area contributed by atoms with Gasteiger partial charge < -0.3 is 9.80 Å². The van der Waals surface area contributed by atoms with E-state index in [0.29, 0.717) is 47.5 Å². The second-order valence-corrected chi connectivity index (χ2v) is 7.80. The van der Waals surface area contributed by atoms with Gasteiger partial charge in [0.25, 0.3) is 11.8 Å². The number of halogens is 2. The van der Waals surface area contributed by atoms with Gasteiger partial charge in [-0.15, -0.1) is 0 Å². The highest BCUT2D eigenvalue weighted by Crippen LogP contribution is 2.26. The Morgan fingerprint density at radius 2 is 1.74 bits per heavy atom. The largest absolute Gasteiger partial charge is 0.335 e. The Labute approximate surface area is 165 Å². The summed E-state index contributed by atoms with van der Waals surface area (Å²) >= 11 is 3.46. The normalized spacial score (nSPS) is 14.7. The zero-order valence-corrected chi connectivity index (χ0v) is 17.1. The van der Waals surface area contributed by atoms with Crippen LogP contribution in [0.5, 0.6) is 0 Å². The molecule has 8 heteroatoms. The SMILES string of the molecule is Cc1ccc(C(=O)N2CCN(C(=O)c3n[nH]c(C(C)C)c3Br)CC2)cc1F. The van der Waals surface area contributed by atoms with Crippen LogP contribution in [0.3, 0.4) is 0 Å². The lowest BCUT2D eigenvalue weighted by molar-refractivity contribution is 0.0531. The quantitative estimate of drug-likeness (QED) is 0.801. The van der Waals surface area contributed by atoms with Crippen LogP contribution < -0.4 is 0 Å². The van der Waals surface area contributed by atoms with Crippen molar-refractivity contribution in [3.8, 4) is 0 Å². The lowest BCUT2D eigenvalue weighted by Gasteiger charge is -2.34. The molecule has 27 heavy (non-hydrogen) atoms. The number of aromatic amines is 1. The van der Waals surface area contributed by atoms with E-state index >= 15 is 0 Å². The summed E-state index contributed by atoms with van der Waals surface area (Å²) in [6.07, 6.45) is 0. The molecule has 6 nitrogen and oxygen atoms in total. The van der Waals surface area contributed by atoms with Crippen LogP contribution in [0.4, 0.5) is 4.39 Å². The van der Waals surface area contributed by atoms with E-state index in [1.165, 1.54) is 6.07 Å². The molecule has 1 N–H and O–H groups in total. The van der Waals surface area contributed by atoms with E-state index in [2.05, 4.69) is 26.1 Å². The van der Waals surface area contributed by atoms with Crippen LogP contribution in [0.25, 0.3) is 0 Å². The monoisotopic (exact) mass is 436 g/mol. The summed E-state index contributed by atoms with van der Waals surface area (Å²) in [6.45, 7) is 7.32. The molecule has 0 aliphatic carbocycles. The summed E-state index contributed by atoms with van der Waals surface area (Å²) in [4.78, 5) is 28.6. The number of H-pyrrole nitrogens is 1. The van der Waals surface area contributed by atoms with Crippen molar-refractivity contribution in [2.24, 2.45) is 0 Å². The maximum Gasteiger partial charge on any atom is 0.275 e. The fourth-order valence-electron chi connectivity index (χ4n) is 3.04. The summed E-state index contributed by atoms with van der Waals surface area (Å²) in [5, 5.41) is 7.05. The van der Waals surface area contributed by atoms with Crippen molar-refractivity contribution in [3.05, 3.63) is 51.0 Å². The van der Waals surface area contributed by atoms with Gasteiger partial charge in [-0.25, -0.2) is 4.39 Å². The Balaban J connectivity index is 1.65.